The number of amides is 1. The summed E-state index contributed by atoms with van der Waals surface area (Å²) in [6.45, 7) is 7.61. The van der Waals surface area contributed by atoms with E-state index in [0.717, 1.165) is 56.4 Å². The number of nitrogens with zero attached hydrogens (tertiary/aromatic N) is 3. The van der Waals surface area contributed by atoms with Crippen LogP contribution in [-0.2, 0) is 17.8 Å². The molecular formula is C22H26ClN3O. The summed E-state index contributed by atoms with van der Waals surface area (Å²) in [7, 11) is 0. The molecule has 5 heteroatoms. The maximum atomic E-state index is 13.1. The Bertz CT molecular complexity index is 799. The predicted molar refractivity (Wildman–Crippen MR) is 110 cm³/mol. The monoisotopic (exact) mass is 383 g/mol. The number of anilines is 1. The van der Waals surface area contributed by atoms with Gasteiger partial charge in [-0.05, 0) is 42.7 Å². The Balaban J connectivity index is 1.33. The van der Waals surface area contributed by atoms with Crippen molar-refractivity contribution in [3.05, 3.63) is 64.7 Å². The quantitative estimate of drug-likeness (QED) is 0.809. The third kappa shape index (κ3) is 4.03. The molecule has 0 radical (unpaired) electrons. The van der Waals surface area contributed by atoms with Crippen molar-refractivity contribution in [2.75, 3.05) is 37.6 Å². The van der Waals surface area contributed by atoms with Crippen molar-refractivity contribution in [1.82, 2.24) is 9.80 Å². The Labute approximate surface area is 166 Å². The van der Waals surface area contributed by atoms with Crippen LogP contribution in [0.3, 0.4) is 0 Å². The largest absolute Gasteiger partial charge is 0.310 e. The van der Waals surface area contributed by atoms with Crippen LogP contribution in [0.25, 0.3) is 0 Å². The van der Waals surface area contributed by atoms with Crippen LogP contribution in [0.4, 0.5) is 5.69 Å². The van der Waals surface area contributed by atoms with E-state index in [1.807, 2.05) is 23.1 Å². The zero-order chi connectivity index (χ0) is 18.8. The summed E-state index contributed by atoms with van der Waals surface area (Å²) in [5, 5.41) is 0.777. The van der Waals surface area contributed by atoms with Crippen molar-refractivity contribution in [3.63, 3.8) is 0 Å². The summed E-state index contributed by atoms with van der Waals surface area (Å²) in [4.78, 5) is 19.8. The SMILES string of the molecule is C[C@@H](C(=O)N1CCc2ccccc21)N1CCN(Cc2ccc(Cl)cc2)CC1. The maximum Gasteiger partial charge on any atom is 0.244 e. The van der Waals surface area contributed by atoms with E-state index in [1.165, 1.54) is 11.1 Å². The van der Waals surface area contributed by atoms with Gasteiger partial charge in [0.05, 0.1) is 6.04 Å². The summed E-state index contributed by atoms with van der Waals surface area (Å²) >= 11 is 5.97. The number of para-hydroxylation sites is 1. The second-order valence-corrected chi connectivity index (χ2v) is 7.92. The van der Waals surface area contributed by atoms with Crippen molar-refractivity contribution < 1.29 is 4.79 Å². The molecule has 4 nitrogen and oxygen atoms in total. The smallest absolute Gasteiger partial charge is 0.244 e. The van der Waals surface area contributed by atoms with Gasteiger partial charge in [0.2, 0.25) is 5.91 Å². The molecule has 4 rings (SSSR count). The topological polar surface area (TPSA) is 26.8 Å². The van der Waals surface area contributed by atoms with Gasteiger partial charge < -0.3 is 4.90 Å². The molecule has 142 valence electrons. The Morgan fingerprint density at radius 1 is 1.00 bits per heavy atom. The molecular weight excluding hydrogens is 358 g/mol. The second kappa shape index (κ2) is 8.01. The van der Waals surface area contributed by atoms with Crippen LogP contribution in [0.2, 0.25) is 5.02 Å². The van der Waals surface area contributed by atoms with Crippen molar-refractivity contribution in [3.8, 4) is 0 Å². The van der Waals surface area contributed by atoms with Gasteiger partial charge in [0, 0.05) is 50.0 Å². The number of carbonyl (C=O) groups is 1. The minimum absolute atomic E-state index is 0.0751. The molecule has 2 heterocycles. The highest BCUT2D eigenvalue weighted by Crippen LogP contribution is 2.28. The molecule has 1 atom stereocenters. The van der Waals surface area contributed by atoms with Gasteiger partial charge in [-0.2, -0.15) is 0 Å². The van der Waals surface area contributed by atoms with Gasteiger partial charge in [-0.15, -0.1) is 0 Å². The Morgan fingerprint density at radius 2 is 1.70 bits per heavy atom. The molecule has 0 aromatic heterocycles. The first-order chi connectivity index (χ1) is 13.1. The van der Waals surface area contributed by atoms with E-state index in [-0.39, 0.29) is 11.9 Å². The Kier molecular flexibility index (Phi) is 5.48. The number of benzene rings is 2. The fourth-order valence-electron chi connectivity index (χ4n) is 4.11. The third-order valence-corrected chi connectivity index (χ3v) is 6.04. The van der Waals surface area contributed by atoms with Crippen LogP contribution >= 0.6 is 11.6 Å². The highest BCUT2D eigenvalue weighted by molar-refractivity contribution is 6.30. The first-order valence-electron chi connectivity index (χ1n) is 9.72. The summed E-state index contributed by atoms with van der Waals surface area (Å²) in [5.41, 5.74) is 3.66. The molecule has 2 aromatic carbocycles. The van der Waals surface area contributed by atoms with Crippen LogP contribution in [0, 0.1) is 0 Å². The molecule has 0 N–H and O–H groups in total. The predicted octanol–water partition coefficient (Wildman–Crippen LogP) is 3.44. The van der Waals surface area contributed by atoms with Crippen molar-refractivity contribution in [1.29, 1.82) is 0 Å². The van der Waals surface area contributed by atoms with Crippen molar-refractivity contribution in [2.24, 2.45) is 0 Å². The van der Waals surface area contributed by atoms with Crippen molar-refractivity contribution in [2.45, 2.75) is 25.9 Å². The zero-order valence-corrected chi connectivity index (χ0v) is 16.5. The molecule has 0 aliphatic carbocycles. The Hall–Kier alpha value is -1.88. The fraction of sp³-hybridized carbons (Fsp3) is 0.409. The van der Waals surface area contributed by atoms with Crippen LogP contribution in [0.15, 0.2) is 48.5 Å². The summed E-state index contributed by atoms with van der Waals surface area (Å²) in [5.74, 6) is 0.228. The van der Waals surface area contributed by atoms with Crippen LogP contribution < -0.4 is 4.90 Å². The van der Waals surface area contributed by atoms with E-state index in [1.54, 1.807) is 0 Å². The number of fused-ring (bicyclic) bond motifs is 1. The highest BCUT2D eigenvalue weighted by Gasteiger charge is 2.32. The van der Waals surface area contributed by atoms with Gasteiger partial charge >= 0.3 is 0 Å². The number of rotatable bonds is 4. The molecule has 2 aromatic rings. The molecule has 1 amide bonds. The van der Waals surface area contributed by atoms with Crippen molar-refractivity contribution >= 4 is 23.2 Å². The average Bonchev–Trinajstić information content (AvgIpc) is 3.13. The summed E-state index contributed by atoms with van der Waals surface area (Å²) in [6.07, 6.45) is 0.962. The van der Waals surface area contributed by atoms with Gasteiger partial charge in [-0.3, -0.25) is 14.6 Å². The molecule has 27 heavy (non-hydrogen) atoms. The maximum absolute atomic E-state index is 13.1. The molecule has 0 unspecified atom stereocenters. The molecule has 2 aliphatic rings. The van der Waals surface area contributed by atoms with E-state index in [9.17, 15) is 4.79 Å². The lowest BCUT2D eigenvalue weighted by Crippen LogP contribution is -2.54. The first-order valence-corrected chi connectivity index (χ1v) is 10.1. The minimum Gasteiger partial charge on any atom is -0.310 e. The van der Waals surface area contributed by atoms with Gasteiger partial charge in [0.1, 0.15) is 0 Å². The lowest BCUT2D eigenvalue weighted by atomic mass is 10.1. The molecule has 0 spiro atoms. The van der Waals surface area contributed by atoms with E-state index >= 15 is 0 Å². The second-order valence-electron chi connectivity index (χ2n) is 7.48. The van der Waals surface area contributed by atoms with Gasteiger partial charge in [0.15, 0.2) is 0 Å². The average molecular weight is 384 g/mol. The van der Waals surface area contributed by atoms with E-state index in [2.05, 4.69) is 47.1 Å². The van der Waals surface area contributed by atoms with Gasteiger partial charge in [-0.25, -0.2) is 0 Å². The first kappa shape index (κ1) is 18.5. The number of piperazine rings is 1. The number of hydrogen-bond donors (Lipinski definition) is 0. The van der Waals surface area contributed by atoms with E-state index < -0.39 is 0 Å². The lowest BCUT2D eigenvalue weighted by molar-refractivity contribution is -0.123. The molecule has 0 saturated carbocycles. The standard InChI is InChI=1S/C22H26ClN3O/c1-17(22(27)26-11-10-19-4-2-3-5-21(19)26)25-14-12-24(13-15-25)16-18-6-8-20(23)9-7-18/h2-9,17H,10-16H2,1H3/t17-/m0/s1. The highest BCUT2D eigenvalue weighted by atomic mass is 35.5. The van der Waals surface area contributed by atoms with E-state index in [4.69, 9.17) is 11.6 Å². The van der Waals surface area contributed by atoms with Crippen LogP contribution in [0.1, 0.15) is 18.1 Å². The lowest BCUT2D eigenvalue weighted by Gasteiger charge is -2.38. The third-order valence-electron chi connectivity index (χ3n) is 5.78. The fourth-order valence-corrected chi connectivity index (χ4v) is 4.23. The summed E-state index contributed by atoms with van der Waals surface area (Å²) in [6, 6.07) is 16.3. The number of halogens is 1. The molecule has 1 fully saturated rings. The van der Waals surface area contributed by atoms with Crippen LogP contribution in [-0.4, -0.2) is 54.5 Å². The van der Waals surface area contributed by atoms with E-state index in [0.29, 0.717) is 0 Å². The van der Waals surface area contributed by atoms with Gasteiger partial charge in [-0.1, -0.05) is 41.9 Å². The summed E-state index contributed by atoms with van der Waals surface area (Å²) < 4.78 is 0. The Morgan fingerprint density at radius 3 is 2.44 bits per heavy atom. The normalized spacial score (nSPS) is 19.1. The van der Waals surface area contributed by atoms with Gasteiger partial charge in [0.25, 0.3) is 0 Å². The van der Waals surface area contributed by atoms with Crippen LogP contribution in [0.5, 0.6) is 0 Å². The molecule has 0 bridgehead atoms. The number of hydrogen-bond acceptors (Lipinski definition) is 3. The minimum atomic E-state index is -0.0751. The zero-order valence-electron chi connectivity index (χ0n) is 15.8. The molecule has 2 aliphatic heterocycles. The molecule has 1 saturated heterocycles. The number of carbonyl (C=O) groups excluding carboxylic acids is 1.